The highest BCUT2D eigenvalue weighted by Crippen LogP contribution is 2.16. The minimum absolute atomic E-state index is 0.0504. The van der Waals surface area contributed by atoms with E-state index in [0.29, 0.717) is 25.3 Å². The van der Waals surface area contributed by atoms with Crippen LogP contribution >= 0.6 is 0 Å². The second kappa shape index (κ2) is 10.4. The smallest absolute Gasteiger partial charge is 0.240 e. The zero-order valence-corrected chi connectivity index (χ0v) is 17.4. The molecule has 0 aliphatic carbocycles. The normalized spacial score (nSPS) is 11.4. The summed E-state index contributed by atoms with van der Waals surface area (Å²) in [5, 5.41) is 2.80. The van der Waals surface area contributed by atoms with Gasteiger partial charge < -0.3 is 10.1 Å². The molecule has 0 aliphatic rings. The first-order valence-electron chi connectivity index (χ1n) is 9.31. The van der Waals surface area contributed by atoms with E-state index in [9.17, 15) is 13.2 Å². The molecule has 28 heavy (non-hydrogen) atoms. The molecule has 0 aromatic heterocycles. The minimum atomic E-state index is -3.63. The van der Waals surface area contributed by atoms with E-state index >= 15 is 0 Å². The summed E-state index contributed by atoms with van der Waals surface area (Å²) in [6.45, 7) is 7.24. The van der Waals surface area contributed by atoms with Crippen LogP contribution in [0.15, 0.2) is 47.4 Å². The van der Waals surface area contributed by atoms with Gasteiger partial charge in [-0.2, -0.15) is 0 Å². The highest BCUT2D eigenvalue weighted by atomic mass is 32.2. The fraction of sp³-hybridized carbons (Fsp3) is 0.381. The third kappa shape index (κ3) is 6.74. The van der Waals surface area contributed by atoms with Crippen molar-refractivity contribution < 1.29 is 17.9 Å². The number of sulfonamides is 1. The molecule has 2 rings (SSSR count). The van der Waals surface area contributed by atoms with Crippen LogP contribution in [0.25, 0.3) is 0 Å². The van der Waals surface area contributed by atoms with Crippen LogP contribution in [-0.2, 0) is 32.7 Å². The molecule has 0 atom stereocenters. The van der Waals surface area contributed by atoms with Gasteiger partial charge in [0.2, 0.25) is 15.9 Å². The largest absolute Gasteiger partial charge is 0.377 e. The van der Waals surface area contributed by atoms with Crippen molar-refractivity contribution in [1.29, 1.82) is 0 Å². The molecule has 0 spiro atoms. The van der Waals surface area contributed by atoms with Crippen molar-refractivity contribution >= 4 is 15.9 Å². The lowest BCUT2D eigenvalue weighted by Crippen LogP contribution is -2.31. The molecular weight excluding hydrogens is 376 g/mol. The van der Waals surface area contributed by atoms with Crippen molar-refractivity contribution in [3.05, 3.63) is 64.7 Å². The molecule has 2 aromatic rings. The molecular formula is C21H28N2O4S. The summed E-state index contributed by atoms with van der Waals surface area (Å²) in [6, 6.07) is 13.1. The number of carbonyl (C=O) groups excluding carboxylic acids is 1. The van der Waals surface area contributed by atoms with Gasteiger partial charge >= 0.3 is 0 Å². The van der Waals surface area contributed by atoms with E-state index in [4.69, 9.17) is 4.74 Å². The first-order chi connectivity index (χ1) is 13.3. The summed E-state index contributed by atoms with van der Waals surface area (Å²) >= 11 is 0. The molecule has 1 amide bonds. The number of hydrogen-bond donors (Lipinski definition) is 2. The summed E-state index contributed by atoms with van der Waals surface area (Å²) in [7, 11) is -3.63. The molecule has 0 aliphatic heterocycles. The van der Waals surface area contributed by atoms with Crippen molar-refractivity contribution in [2.24, 2.45) is 0 Å². The molecule has 0 saturated heterocycles. The number of carbonyl (C=O) groups is 1. The van der Waals surface area contributed by atoms with Gasteiger partial charge in [-0.1, -0.05) is 36.4 Å². The van der Waals surface area contributed by atoms with Gasteiger partial charge in [-0.3, -0.25) is 4.79 Å². The zero-order chi connectivity index (χ0) is 20.6. The molecule has 0 bridgehead atoms. The summed E-state index contributed by atoms with van der Waals surface area (Å²) < 4.78 is 32.7. The maximum atomic E-state index is 12.4. The van der Waals surface area contributed by atoms with Crippen LogP contribution in [-0.4, -0.2) is 27.5 Å². The quantitative estimate of drug-likeness (QED) is 0.638. The third-order valence-corrected chi connectivity index (χ3v) is 5.87. The number of rotatable bonds is 10. The maximum absolute atomic E-state index is 12.4. The molecule has 0 saturated carbocycles. The fourth-order valence-electron chi connectivity index (χ4n) is 2.64. The molecule has 0 unspecified atom stereocenters. The van der Waals surface area contributed by atoms with Crippen LogP contribution in [0.5, 0.6) is 0 Å². The SMILES string of the molecule is CCOCc1ccc(CNC(=O)CCNS(=O)(=O)c2cc(C)ccc2C)cc1. The highest BCUT2D eigenvalue weighted by Gasteiger charge is 2.16. The molecule has 152 valence electrons. The molecule has 2 aromatic carbocycles. The van der Waals surface area contributed by atoms with Crippen LogP contribution in [0.2, 0.25) is 0 Å². The van der Waals surface area contributed by atoms with Gasteiger partial charge in [0.15, 0.2) is 0 Å². The summed E-state index contributed by atoms with van der Waals surface area (Å²) in [5.74, 6) is -0.206. The molecule has 0 fully saturated rings. The molecule has 2 N–H and O–H groups in total. The number of benzene rings is 2. The average molecular weight is 405 g/mol. The number of amides is 1. The van der Waals surface area contributed by atoms with E-state index in [1.165, 1.54) is 0 Å². The Morgan fingerprint density at radius 1 is 1.04 bits per heavy atom. The Morgan fingerprint density at radius 3 is 2.39 bits per heavy atom. The van der Waals surface area contributed by atoms with Gasteiger partial charge in [0, 0.05) is 26.1 Å². The molecule has 0 heterocycles. The Bertz CT molecular complexity index is 893. The highest BCUT2D eigenvalue weighted by molar-refractivity contribution is 7.89. The Labute approximate surface area is 167 Å². The Hall–Kier alpha value is -2.22. The molecule has 0 radical (unpaired) electrons. The Kier molecular flexibility index (Phi) is 8.17. The van der Waals surface area contributed by atoms with Gasteiger partial charge in [-0.05, 0) is 49.1 Å². The van der Waals surface area contributed by atoms with Crippen LogP contribution in [0.3, 0.4) is 0 Å². The van der Waals surface area contributed by atoms with E-state index in [-0.39, 0.29) is 23.8 Å². The fourth-order valence-corrected chi connectivity index (χ4v) is 4.00. The zero-order valence-electron chi connectivity index (χ0n) is 16.6. The minimum Gasteiger partial charge on any atom is -0.377 e. The van der Waals surface area contributed by atoms with Crippen molar-refractivity contribution in [3.63, 3.8) is 0 Å². The van der Waals surface area contributed by atoms with Crippen LogP contribution in [0.4, 0.5) is 0 Å². The Balaban J connectivity index is 1.78. The number of aryl methyl sites for hydroxylation is 2. The van der Waals surface area contributed by atoms with E-state index in [1.54, 1.807) is 19.1 Å². The topological polar surface area (TPSA) is 84.5 Å². The standard InChI is InChI=1S/C21H28N2O4S/c1-4-27-15-19-9-7-18(8-10-19)14-22-21(24)11-12-23-28(25,26)20-13-16(2)5-6-17(20)3/h5-10,13,23H,4,11-12,14-15H2,1-3H3,(H,22,24). The lowest BCUT2D eigenvalue weighted by atomic mass is 10.1. The number of ether oxygens (including phenoxy) is 1. The Morgan fingerprint density at radius 2 is 1.71 bits per heavy atom. The van der Waals surface area contributed by atoms with Gasteiger partial charge in [0.25, 0.3) is 0 Å². The van der Waals surface area contributed by atoms with E-state index < -0.39 is 10.0 Å². The monoisotopic (exact) mass is 404 g/mol. The van der Waals surface area contributed by atoms with Gasteiger partial charge in [-0.25, -0.2) is 13.1 Å². The first-order valence-corrected chi connectivity index (χ1v) is 10.8. The first kappa shape index (κ1) is 22.1. The summed E-state index contributed by atoms with van der Waals surface area (Å²) in [6.07, 6.45) is 0.0759. The second-order valence-corrected chi connectivity index (χ2v) is 8.38. The van der Waals surface area contributed by atoms with Crippen molar-refractivity contribution in [2.75, 3.05) is 13.2 Å². The van der Waals surface area contributed by atoms with E-state index in [2.05, 4.69) is 10.0 Å². The molecule has 7 heteroatoms. The van der Waals surface area contributed by atoms with Crippen molar-refractivity contribution in [2.45, 2.75) is 45.2 Å². The van der Waals surface area contributed by atoms with Crippen LogP contribution in [0, 0.1) is 13.8 Å². The molecule has 6 nitrogen and oxygen atoms in total. The van der Waals surface area contributed by atoms with Crippen molar-refractivity contribution in [3.8, 4) is 0 Å². The van der Waals surface area contributed by atoms with Gasteiger partial charge in [0.05, 0.1) is 11.5 Å². The maximum Gasteiger partial charge on any atom is 0.240 e. The second-order valence-electron chi connectivity index (χ2n) is 6.65. The van der Waals surface area contributed by atoms with Crippen LogP contribution < -0.4 is 10.0 Å². The predicted molar refractivity (Wildman–Crippen MR) is 109 cm³/mol. The third-order valence-electron chi connectivity index (χ3n) is 4.26. The number of hydrogen-bond acceptors (Lipinski definition) is 4. The summed E-state index contributed by atoms with van der Waals surface area (Å²) in [5.41, 5.74) is 3.61. The predicted octanol–water partition coefficient (Wildman–Crippen LogP) is 2.82. The summed E-state index contributed by atoms with van der Waals surface area (Å²) in [4.78, 5) is 12.3. The van der Waals surface area contributed by atoms with Crippen LogP contribution in [0.1, 0.15) is 35.6 Å². The van der Waals surface area contributed by atoms with E-state index in [0.717, 1.165) is 16.7 Å². The van der Waals surface area contributed by atoms with Crippen molar-refractivity contribution in [1.82, 2.24) is 10.0 Å². The average Bonchev–Trinajstić information content (AvgIpc) is 2.67. The van der Waals surface area contributed by atoms with Gasteiger partial charge in [-0.15, -0.1) is 0 Å². The van der Waals surface area contributed by atoms with E-state index in [1.807, 2.05) is 44.2 Å². The lowest BCUT2D eigenvalue weighted by Gasteiger charge is -2.10. The van der Waals surface area contributed by atoms with Gasteiger partial charge in [0.1, 0.15) is 0 Å². The number of nitrogens with one attached hydrogen (secondary N) is 2. The lowest BCUT2D eigenvalue weighted by molar-refractivity contribution is -0.121.